The lowest BCUT2D eigenvalue weighted by atomic mass is 10.0. The third-order valence-electron chi connectivity index (χ3n) is 2.63. The fourth-order valence-corrected chi connectivity index (χ4v) is 3.58. The minimum absolute atomic E-state index is 0.352. The molecule has 2 rings (SSSR count). The molecular formula is C10H15ClN2S. The number of thioether (sulfide) groups is 1. The van der Waals surface area contributed by atoms with Gasteiger partial charge in [-0.15, -0.1) is 11.6 Å². The molecule has 2 unspecified atom stereocenters. The van der Waals surface area contributed by atoms with E-state index in [9.17, 15) is 0 Å². The Morgan fingerprint density at radius 1 is 1.64 bits per heavy atom. The first-order chi connectivity index (χ1) is 6.79. The first kappa shape index (κ1) is 10.4. The van der Waals surface area contributed by atoms with Crippen molar-refractivity contribution in [2.45, 2.75) is 25.3 Å². The van der Waals surface area contributed by atoms with E-state index in [1.54, 1.807) is 0 Å². The van der Waals surface area contributed by atoms with E-state index >= 15 is 0 Å². The molecule has 0 N–H and O–H groups in total. The summed E-state index contributed by atoms with van der Waals surface area (Å²) >= 11 is 8.18. The Balaban J connectivity index is 1.96. The second-order valence-electron chi connectivity index (χ2n) is 3.72. The van der Waals surface area contributed by atoms with E-state index in [2.05, 4.69) is 18.2 Å². The van der Waals surface area contributed by atoms with Crippen molar-refractivity contribution in [2.75, 3.05) is 11.5 Å². The molecule has 0 bridgehead atoms. The number of rotatable bonds is 3. The first-order valence-electron chi connectivity index (χ1n) is 5.02. The Kier molecular flexibility index (Phi) is 3.39. The summed E-state index contributed by atoms with van der Waals surface area (Å²) in [6.07, 6.45) is 5.18. The Bertz CT molecular complexity index is 300. The van der Waals surface area contributed by atoms with Gasteiger partial charge in [-0.2, -0.15) is 16.9 Å². The van der Waals surface area contributed by atoms with E-state index in [0.29, 0.717) is 11.3 Å². The number of hydrogen-bond donors (Lipinski definition) is 0. The summed E-state index contributed by atoms with van der Waals surface area (Å²) < 4.78 is 1.97. The summed E-state index contributed by atoms with van der Waals surface area (Å²) in [4.78, 5) is 0. The van der Waals surface area contributed by atoms with E-state index in [1.165, 1.54) is 11.3 Å². The molecule has 1 aromatic rings. The quantitative estimate of drug-likeness (QED) is 0.743. The van der Waals surface area contributed by atoms with Crippen LogP contribution in [-0.4, -0.2) is 26.7 Å². The summed E-state index contributed by atoms with van der Waals surface area (Å²) in [6.45, 7) is 3.05. The van der Waals surface area contributed by atoms with Crippen LogP contribution in [0.5, 0.6) is 0 Å². The topological polar surface area (TPSA) is 17.8 Å². The molecule has 1 aliphatic rings. The van der Waals surface area contributed by atoms with Crippen LogP contribution >= 0.6 is 23.4 Å². The van der Waals surface area contributed by atoms with E-state index in [-0.39, 0.29) is 0 Å². The summed E-state index contributed by atoms with van der Waals surface area (Å²) in [7, 11) is 0. The molecule has 2 atom stereocenters. The molecule has 78 valence electrons. The zero-order valence-electron chi connectivity index (χ0n) is 8.32. The van der Waals surface area contributed by atoms with Crippen molar-refractivity contribution >= 4 is 23.4 Å². The molecule has 14 heavy (non-hydrogen) atoms. The fraction of sp³-hybridized carbons (Fsp3) is 0.700. The Morgan fingerprint density at radius 3 is 3.07 bits per heavy atom. The van der Waals surface area contributed by atoms with Crippen molar-refractivity contribution in [1.82, 2.24) is 9.78 Å². The number of hydrogen-bond acceptors (Lipinski definition) is 2. The molecule has 0 radical (unpaired) electrons. The maximum atomic E-state index is 6.22. The lowest BCUT2D eigenvalue weighted by Gasteiger charge is -2.10. The largest absolute Gasteiger partial charge is 0.273 e. The normalized spacial score (nSPS) is 27.0. The van der Waals surface area contributed by atoms with Crippen LogP contribution in [0, 0.1) is 5.92 Å². The van der Waals surface area contributed by atoms with E-state index in [1.807, 2.05) is 22.6 Å². The Hall–Kier alpha value is -0.150. The summed E-state index contributed by atoms with van der Waals surface area (Å²) in [5.41, 5.74) is 1.32. The second-order valence-corrected chi connectivity index (χ2v) is 5.36. The van der Waals surface area contributed by atoms with Gasteiger partial charge < -0.3 is 0 Å². The zero-order valence-corrected chi connectivity index (χ0v) is 9.89. The molecule has 1 fully saturated rings. The molecule has 0 saturated carbocycles. The van der Waals surface area contributed by atoms with Gasteiger partial charge in [-0.25, -0.2) is 0 Å². The highest BCUT2D eigenvalue weighted by Gasteiger charge is 2.26. The van der Waals surface area contributed by atoms with Crippen molar-refractivity contribution in [3.8, 4) is 0 Å². The van der Waals surface area contributed by atoms with Crippen LogP contribution in [0.1, 0.15) is 12.5 Å². The molecular weight excluding hydrogens is 216 g/mol. The highest BCUT2D eigenvalue weighted by atomic mass is 35.5. The molecule has 1 saturated heterocycles. The monoisotopic (exact) mass is 230 g/mol. The standard InChI is InChI=1S/C10H15ClN2S/c1-2-13-5-8(4-12-13)3-9-6-14-7-10(9)11/h4-5,9-10H,2-3,6-7H2,1H3. The van der Waals surface area contributed by atoms with Gasteiger partial charge in [-0.1, -0.05) is 0 Å². The molecule has 0 aliphatic carbocycles. The van der Waals surface area contributed by atoms with Gasteiger partial charge in [0.25, 0.3) is 0 Å². The lowest BCUT2D eigenvalue weighted by Crippen LogP contribution is -2.14. The van der Waals surface area contributed by atoms with Crippen LogP contribution in [-0.2, 0) is 13.0 Å². The predicted molar refractivity (Wildman–Crippen MR) is 62.1 cm³/mol. The summed E-state index contributed by atoms with van der Waals surface area (Å²) in [5.74, 6) is 2.94. The van der Waals surface area contributed by atoms with Gasteiger partial charge in [0.05, 0.1) is 6.20 Å². The molecule has 2 heterocycles. The molecule has 0 amide bonds. The molecule has 0 spiro atoms. The van der Waals surface area contributed by atoms with Crippen molar-refractivity contribution in [2.24, 2.45) is 5.92 Å². The third kappa shape index (κ3) is 2.26. The average Bonchev–Trinajstić information content (AvgIpc) is 2.77. The van der Waals surface area contributed by atoms with Gasteiger partial charge in [0.1, 0.15) is 0 Å². The summed E-state index contributed by atoms with van der Waals surface area (Å²) in [5, 5.41) is 4.62. The van der Waals surface area contributed by atoms with Gasteiger partial charge in [-0.3, -0.25) is 4.68 Å². The second kappa shape index (κ2) is 4.58. The van der Waals surface area contributed by atoms with Gasteiger partial charge in [0, 0.05) is 23.9 Å². The number of aryl methyl sites for hydroxylation is 1. The van der Waals surface area contributed by atoms with Crippen molar-refractivity contribution < 1.29 is 0 Å². The molecule has 1 aliphatic heterocycles. The van der Waals surface area contributed by atoms with Crippen molar-refractivity contribution in [3.05, 3.63) is 18.0 Å². The van der Waals surface area contributed by atoms with Gasteiger partial charge >= 0.3 is 0 Å². The van der Waals surface area contributed by atoms with E-state index < -0.39 is 0 Å². The van der Waals surface area contributed by atoms with Gasteiger partial charge in [0.2, 0.25) is 0 Å². The number of halogens is 1. The van der Waals surface area contributed by atoms with E-state index in [0.717, 1.165) is 18.7 Å². The number of nitrogens with zero attached hydrogens (tertiary/aromatic N) is 2. The zero-order chi connectivity index (χ0) is 9.97. The fourth-order valence-electron chi connectivity index (χ4n) is 1.75. The lowest BCUT2D eigenvalue weighted by molar-refractivity contribution is 0.601. The predicted octanol–water partition coefficient (Wildman–Crippen LogP) is 2.42. The Morgan fingerprint density at radius 2 is 2.50 bits per heavy atom. The van der Waals surface area contributed by atoms with Crippen molar-refractivity contribution in [1.29, 1.82) is 0 Å². The number of alkyl halides is 1. The number of aromatic nitrogens is 2. The van der Waals surface area contributed by atoms with E-state index in [4.69, 9.17) is 11.6 Å². The van der Waals surface area contributed by atoms with Crippen LogP contribution in [0.3, 0.4) is 0 Å². The van der Waals surface area contributed by atoms with Crippen LogP contribution < -0.4 is 0 Å². The molecule has 1 aromatic heterocycles. The highest BCUT2D eigenvalue weighted by molar-refractivity contribution is 7.99. The average molecular weight is 231 g/mol. The smallest absolute Gasteiger partial charge is 0.0521 e. The maximum Gasteiger partial charge on any atom is 0.0521 e. The SMILES string of the molecule is CCn1cc(CC2CSCC2Cl)cn1. The van der Waals surface area contributed by atoms with Gasteiger partial charge in [0.15, 0.2) is 0 Å². The van der Waals surface area contributed by atoms with Crippen molar-refractivity contribution in [3.63, 3.8) is 0 Å². The first-order valence-corrected chi connectivity index (χ1v) is 6.62. The van der Waals surface area contributed by atoms with Gasteiger partial charge in [-0.05, 0) is 30.6 Å². The Labute approximate surface area is 94.0 Å². The highest BCUT2D eigenvalue weighted by Crippen LogP contribution is 2.30. The van der Waals surface area contributed by atoms with Crippen LogP contribution in [0.25, 0.3) is 0 Å². The third-order valence-corrected chi connectivity index (χ3v) is 4.58. The molecule has 0 aromatic carbocycles. The summed E-state index contributed by atoms with van der Waals surface area (Å²) in [6, 6.07) is 0. The molecule has 2 nitrogen and oxygen atoms in total. The molecule has 4 heteroatoms. The minimum atomic E-state index is 0.352. The van der Waals surface area contributed by atoms with Crippen LogP contribution in [0.15, 0.2) is 12.4 Å². The maximum absolute atomic E-state index is 6.22. The minimum Gasteiger partial charge on any atom is -0.273 e. The van der Waals surface area contributed by atoms with Crippen LogP contribution in [0.2, 0.25) is 0 Å². The van der Waals surface area contributed by atoms with Crippen LogP contribution in [0.4, 0.5) is 0 Å².